The third-order valence-electron chi connectivity index (χ3n) is 0.988. The zero-order chi connectivity index (χ0) is 6.69. The first-order valence-electron chi connectivity index (χ1n) is 2.57. The Bertz CT molecular complexity index is 162. The molecular weight excluding hydrogens is 152 g/mol. The number of amidine groups is 1. The Kier molecular flexibility index (Phi) is 2.60. The van der Waals surface area contributed by atoms with Gasteiger partial charge in [0.25, 0.3) is 0 Å². The minimum Gasteiger partial charge on any atom is -0.254 e. The summed E-state index contributed by atoms with van der Waals surface area (Å²) in [4.78, 5) is 8.38. The van der Waals surface area contributed by atoms with E-state index in [0.29, 0.717) is 0 Å². The van der Waals surface area contributed by atoms with Crippen LogP contribution in [0.4, 0.5) is 0 Å². The van der Waals surface area contributed by atoms with Gasteiger partial charge in [0.1, 0.15) is 0 Å². The van der Waals surface area contributed by atoms with Crippen molar-refractivity contribution >= 4 is 33.7 Å². The van der Waals surface area contributed by atoms with Crippen LogP contribution in [0.5, 0.6) is 0 Å². The summed E-state index contributed by atoms with van der Waals surface area (Å²) >= 11 is 3.27. The molecule has 0 saturated carbocycles. The molecule has 0 aromatic heterocycles. The van der Waals surface area contributed by atoms with Gasteiger partial charge in [0.05, 0.1) is 11.6 Å². The SMILES string of the molecule is CSC1=NC(SC)=NC1. The van der Waals surface area contributed by atoms with E-state index in [1.807, 2.05) is 12.5 Å². The molecule has 0 fully saturated rings. The highest BCUT2D eigenvalue weighted by Crippen LogP contribution is 2.11. The minimum absolute atomic E-state index is 0.789. The van der Waals surface area contributed by atoms with Gasteiger partial charge in [0, 0.05) is 0 Å². The van der Waals surface area contributed by atoms with Gasteiger partial charge in [-0.2, -0.15) is 0 Å². The third-order valence-corrected chi connectivity index (χ3v) is 2.27. The monoisotopic (exact) mass is 160 g/mol. The predicted octanol–water partition coefficient (Wildman–Crippen LogP) is 1.48. The zero-order valence-corrected chi connectivity index (χ0v) is 7.05. The molecule has 0 amide bonds. The molecule has 1 aliphatic rings. The summed E-state index contributed by atoms with van der Waals surface area (Å²) in [6.45, 7) is 0.789. The van der Waals surface area contributed by atoms with Crippen LogP contribution in [0.3, 0.4) is 0 Å². The van der Waals surface area contributed by atoms with E-state index in [-0.39, 0.29) is 0 Å². The molecule has 0 radical (unpaired) electrons. The molecule has 2 nitrogen and oxygen atoms in total. The van der Waals surface area contributed by atoms with Crippen LogP contribution >= 0.6 is 23.5 Å². The molecule has 0 atom stereocenters. The van der Waals surface area contributed by atoms with Crippen LogP contribution in [-0.4, -0.2) is 29.3 Å². The van der Waals surface area contributed by atoms with Crippen LogP contribution in [0.25, 0.3) is 0 Å². The fourth-order valence-electron chi connectivity index (χ4n) is 0.533. The average molecular weight is 160 g/mol. The Balaban J connectivity index is 2.52. The maximum absolute atomic E-state index is 4.22. The molecule has 4 heteroatoms. The van der Waals surface area contributed by atoms with Gasteiger partial charge in [-0.15, -0.1) is 11.8 Å². The molecule has 0 saturated heterocycles. The molecule has 1 rings (SSSR count). The number of hydrogen-bond acceptors (Lipinski definition) is 4. The lowest BCUT2D eigenvalue weighted by molar-refractivity contribution is 1.37. The number of nitrogens with zero attached hydrogens (tertiary/aromatic N) is 2. The summed E-state index contributed by atoms with van der Waals surface area (Å²) < 4.78 is 0. The van der Waals surface area contributed by atoms with E-state index in [2.05, 4.69) is 9.98 Å². The van der Waals surface area contributed by atoms with Crippen LogP contribution in [0.2, 0.25) is 0 Å². The van der Waals surface area contributed by atoms with Crippen molar-refractivity contribution in [2.45, 2.75) is 0 Å². The predicted molar refractivity (Wildman–Crippen MR) is 46.8 cm³/mol. The topological polar surface area (TPSA) is 24.7 Å². The second-order valence-electron chi connectivity index (χ2n) is 1.51. The molecule has 9 heavy (non-hydrogen) atoms. The molecule has 0 unspecified atom stereocenters. The van der Waals surface area contributed by atoms with Crippen LogP contribution in [0.15, 0.2) is 9.98 Å². The Morgan fingerprint density at radius 3 is 2.44 bits per heavy atom. The van der Waals surface area contributed by atoms with Gasteiger partial charge in [-0.1, -0.05) is 11.8 Å². The summed E-state index contributed by atoms with van der Waals surface area (Å²) in [7, 11) is 0. The van der Waals surface area contributed by atoms with E-state index < -0.39 is 0 Å². The highest BCUT2D eigenvalue weighted by Gasteiger charge is 2.06. The zero-order valence-electron chi connectivity index (χ0n) is 5.42. The number of rotatable bonds is 0. The van der Waals surface area contributed by atoms with Crippen molar-refractivity contribution in [1.29, 1.82) is 0 Å². The Morgan fingerprint density at radius 1 is 1.33 bits per heavy atom. The van der Waals surface area contributed by atoms with Gasteiger partial charge in [-0.05, 0) is 12.5 Å². The maximum Gasteiger partial charge on any atom is 0.183 e. The third kappa shape index (κ3) is 1.72. The lowest BCUT2D eigenvalue weighted by Crippen LogP contribution is -1.88. The average Bonchev–Trinajstić information content (AvgIpc) is 2.34. The molecule has 50 valence electrons. The van der Waals surface area contributed by atoms with Gasteiger partial charge < -0.3 is 0 Å². The molecular formula is C5H8N2S2. The molecule has 0 spiro atoms. The van der Waals surface area contributed by atoms with Crippen molar-refractivity contribution in [2.75, 3.05) is 19.1 Å². The van der Waals surface area contributed by atoms with E-state index in [1.165, 1.54) is 0 Å². The number of thioether (sulfide) groups is 2. The van der Waals surface area contributed by atoms with Gasteiger partial charge in [0.2, 0.25) is 0 Å². The quantitative estimate of drug-likeness (QED) is 0.536. The van der Waals surface area contributed by atoms with Crippen LogP contribution < -0.4 is 0 Å². The highest BCUT2D eigenvalue weighted by molar-refractivity contribution is 8.15. The molecule has 0 bridgehead atoms. The fourth-order valence-corrected chi connectivity index (χ4v) is 1.36. The standard InChI is InChI=1S/C5H8N2S2/c1-8-4-3-6-5(7-4)9-2/h3H2,1-2H3. The molecule has 0 aromatic rings. The van der Waals surface area contributed by atoms with Gasteiger partial charge in [-0.3, -0.25) is 4.99 Å². The first kappa shape index (κ1) is 7.15. The minimum atomic E-state index is 0.789. The largest absolute Gasteiger partial charge is 0.254 e. The van der Waals surface area contributed by atoms with Crippen LogP contribution in [0.1, 0.15) is 0 Å². The second-order valence-corrected chi connectivity index (χ2v) is 3.17. The summed E-state index contributed by atoms with van der Waals surface area (Å²) in [5.41, 5.74) is 0. The van der Waals surface area contributed by atoms with Crippen molar-refractivity contribution in [3.05, 3.63) is 0 Å². The van der Waals surface area contributed by atoms with Crippen molar-refractivity contribution in [1.82, 2.24) is 0 Å². The summed E-state index contributed by atoms with van der Waals surface area (Å²) in [6.07, 6.45) is 4.02. The van der Waals surface area contributed by atoms with Gasteiger partial charge in [-0.25, -0.2) is 4.99 Å². The molecule has 0 N–H and O–H groups in total. The number of aliphatic imine (C=N–C) groups is 2. The van der Waals surface area contributed by atoms with E-state index in [1.54, 1.807) is 23.5 Å². The first-order chi connectivity index (χ1) is 4.36. The lowest BCUT2D eigenvalue weighted by Gasteiger charge is -1.86. The van der Waals surface area contributed by atoms with Crippen molar-refractivity contribution in [3.8, 4) is 0 Å². The van der Waals surface area contributed by atoms with Crippen LogP contribution in [-0.2, 0) is 0 Å². The van der Waals surface area contributed by atoms with E-state index >= 15 is 0 Å². The van der Waals surface area contributed by atoms with Gasteiger partial charge >= 0.3 is 0 Å². The summed E-state index contributed by atoms with van der Waals surface area (Å²) in [6, 6.07) is 0. The molecule has 1 aliphatic heterocycles. The molecule has 0 aromatic carbocycles. The highest BCUT2D eigenvalue weighted by atomic mass is 32.2. The maximum atomic E-state index is 4.22. The number of hydrogen-bond donors (Lipinski definition) is 0. The fraction of sp³-hybridized carbons (Fsp3) is 0.600. The van der Waals surface area contributed by atoms with Crippen molar-refractivity contribution in [2.24, 2.45) is 9.98 Å². The van der Waals surface area contributed by atoms with E-state index in [4.69, 9.17) is 0 Å². The second kappa shape index (κ2) is 3.27. The van der Waals surface area contributed by atoms with E-state index in [0.717, 1.165) is 16.8 Å². The first-order valence-corrected chi connectivity index (χ1v) is 5.01. The normalized spacial score (nSPS) is 17.6. The summed E-state index contributed by atoms with van der Waals surface area (Å²) in [5, 5.41) is 2.04. The van der Waals surface area contributed by atoms with E-state index in [9.17, 15) is 0 Å². The van der Waals surface area contributed by atoms with Gasteiger partial charge in [0.15, 0.2) is 5.17 Å². The Hall–Kier alpha value is 0.0400. The smallest absolute Gasteiger partial charge is 0.183 e. The lowest BCUT2D eigenvalue weighted by atomic mass is 10.8. The van der Waals surface area contributed by atoms with Crippen LogP contribution in [0, 0.1) is 0 Å². The Labute approximate surface area is 63.2 Å². The Morgan fingerprint density at radius 2 is 2.11 bits per heavy atom. The molecule has 1 heterocycles. The van der Waals surface area contributed by atoms with Crippen molar-refractivity contribution < 1.29 is 0 Å². The van der Waals surface area contributed by atoms with Crippen molar-refractivity contribution in [3.63, 3.8) is 0 Å². The molecule has 0 aliphatic carbocycles. The summed E-state index contributed by atoms with van der Waals surface area (Å²) in [5.74, 6) is 0.